The summed E-state index contributed by atoms with van der Waals surface area (Å²) in [5.41, 5.74) is 0.0289. The number of hydrogen-bond acceptors (Lipinski definition) is 6. The van der Waals surface area contributed by atoms with Gasteiger partial charge in [0.1, 0.15) is 17.9 Å². The maximum Gasteiger partial charge on any atom is 0.421 e. The van der Waals surface area contributed by atoms with E-state index >= 15 is 0 Å². The SMILES string of the molecule is CN=C(NCCOc1ncccc1C(F)(F)F)N1CCN(Cc2cc(C)on2)CC1.I. The van der Waals surface area contributed by atoms with E-state index in [1.165, 1.54) is 12.3 Å². The predicted octanol–water partition coefficient (Wildman–Crippen LogP) is 2.79. The van der Waals surface area contributed by atoms with Crippen molar-refractivity contribution >= 4 is 29.9 Å². The van der Waals surface area contributed by atoms with Crippen LogP contribution in [0.15, 0.2) is 33.9 Å². The highest BCUT2D eigenvalue weighted by atomic mass is 127. The minimum atomic E-state index is -4.50. The molecule has 1 fully saturated rings. The predicted molar refractivity (Wildman–Crippen MR) is 120 cm³/mol. The molecular formula is C19H26F3IN6O2. The van der Waals surface area contributed by atoms with Gasteiger partial charge in [0.05, 0.1) is 12.2 Å². The van der Waals surface area contributed by atoms with Crippen LogP contribution in [-0.4, -0.2) is 72.3 Å². The summed E-state index contributed by atoms with van der Waals surface area (Å²) in [6, 6.07) is 4.12. The van der Waals surface area contributed by atoms with Gasteiger partial charge in [-0.1, -0.05) is 5.16 Å². The van der Waals surface area contributed by atoms with Gasteiger partial charge in [-0.3, -0.25) is 9.89 Å². The van der Waals surface area contributed by atoms with E-state index < -0.39 is 17.6 Å². The summed E-state index contributed by atoms with van der Waals surface area (Å²) in [4.78, 5) is 12.3. The molecule has 3 rings (SSSR count). The molecule has 1 aliphatic heterocycles. The van der Waals surface area contributed by atoms with E-state index in [1.807, 2.05) is 13.0 Å². The highest BCUT2D eigenvalue weighted by Gasteiger charge is 2.35. The third-order valence-corrected chi connectivity index (χ3v) is 4.65. The number of nitrogens with zero attached hydrogens (tertiary/aromatic N) is 5. The topological polar surface area (TPSA) is 79.0 Å². The molecule has 12 heteroatoms. The van der Waals surface area contributed by atoms with Crippen molar-refractivity contribution in [3.63, 3.8) is 0 Å². The second-order valence-electron chi connectivity index (χ2n) is 6.87. The molecule has 1 aliphatic rings. The molecule has 2 aromatic rings. The Bertz CT molecular complexity index is 853. The van der Waals surface area contributed by atoms with Crippen LogP contribution in [0.25, 0.3) is 0 Å². The van der Waals surface area contributed by atoms with Crippen molar-refractivity contribution in [3.8, 4) is 5.88 Å². The lowest BCUT2D eigenvalue weighted by molar-refractivity contribution is -0.139. The maximum atomic E-state index is 13.0. The molecule has 0 radical (unpaired) electrons. The number of ether oxygens (including phenoxy) is 1. The van der Waals surface area contributed by atoms with E-state index in [4.69, 9.17) is 9.26 Å². The summed E-state index contributed by atoms with van der Waals surface area (Å²) in [5.74, 6) is 1.06. The van der Waals surface area contributed by atoms with Gasteiger partial charge >= 0.3 is 6.18 Å². The van der Waals surface area contributed by atoms with E-state index in [-0.39, 0.29) is 30.6 Å². The van der Waals surface area contributed by atoms with Crippen LogP contribution in [0.1, 0.15) is 17.0 Å². The molecule has 3 heterocycles. The normalized spacial score (nSPS) is 15.5. The fraction of sp³-hybridized carbons (Fsp3) is 0.526. The van der Waals surface area contributed by atoms with Crippen LogP contribution in [0.2, 0.25) is 0 Å². The molecule has 172 valence electrons. The van der Waals surface area contributed by atoms with Crippen molar-refractivity contribution in [2.24, 2.45) is 4.99 Å². The Kier molecular flexibility index (Phi) is 9.34. The molecule has 2 aromatic heterocycles. The molecule has 0 aliphatic carbocycles. The Morgan fingerprint density at radius 3 is 2.65 bits per heavy atom. The summed E-state index contributed by atoms with van der Waals surface area (Å²) in [6.07, 6.45) is -3.23. The van der Waals surface area contributed by atoms with Crippen LogP contribution < -0.4 is 10.1 Å². The van der Waals surface area contributed by atoms with Gasteiger partial charge in [-0.05, 0) is 19.1 Å². The molecule has 0 unspecified atom stereocenters. The Hall–Kier alpha value is -2.09. The largest absolute Gasteiger partial charge is 0.475 e. The number of rotatable bonds is 6. The fourth-order valence-electron chi connectivity index (χ4n) is 3.20. The zero-order valence-corrected chi connectivity index (χ0v) is 19.7. The molecule has 0 saturated carbocycles. The highest BCUT2D eigenvalue weighted by molar-refractivity contribution is 14.0. The average Bonchev–Trinajstić information content (AvgIpc) is 3.13. The highest BCUT2D eigenvalue weighted by Crippen LogP contribution is 2.34. The van der Waals surface area contributed by atoms with Crippen molar-refractivity contribution in [3.05, 3.63) is 41.4 Å². The van der Waals surface area contributed by atoms with Gasteiger partial charge in [-0.25, -0.2) is 4.98 Å². The summed E-state index contributed by atoms with van der Waals surface area (Å²) in [5, 5.41) is 7.15. The molecule has 1 saturated heterocycles. The molecule has 31 heavy (non-hydrogen) atoms. The molecule has 1 N–H and O–H groups in total. The number of halogens is 4. The fourth-order valence-corrected chi connectivity index (χ4v) is 3.20. The zero-order valence-electron chi connectivity index (χ0n) is 17.4. The Morgan fingerprint density at radius 1 is 1.29 bits per heavy atom. The first kappa shape index (κ1) is 25.2. The number of aromatic nitrogens is 2. The smallest absolute Gasteiger partial charge is 0.421 e. The number of aryl methyl sites for hydroxylation is 1. The summed E-state index contributed by atoms with van der Waals surface area (Å²) in [6.45, 7) is 6.16. The maximum absolute atomic E-state index is 13.0. The third-order valence-electron chi connectivity index (χ3n) is 4.65. The molecule has 8 nitrogen and oxygen atoms in total. The number of pyridine rings is 1. The van der Waals surface area contributed by atoms with Gasteiger partial charge < -0.3 is 19.5 Å². The second kappa shape index (κ2) is 11.5. The first-order chi connectivity index (χ1) is 14.4. The quantitative estimate of drug-likeness (QED) is 0.255. The van der Waals surface area contributed by atoms with Crippen LogP contribution in [0.4, 0.5) is 13.2 Å². The molecule has 0 aromatic carbocycles. The monoisotopic (exact) mass is 554 g/mol. The van der Waals surface area contributed by atoms with Gasteiger partial charge in [0.25, 0.3) is 0 Å². The number of aliphatic imine (C=N–C) groups is 1. The zero-order chi connectivity index (χ0) is 21.6. The first-order valence-corrected chi connectivity index (χ1v) is 9.62. The van der Waals surface area contributed by atoms with Crippen molar-refractivity contribution < 1.29 is 22.4 Å². The summed E-state index contributed by atoms with van der Waals surface area (Å²) in [7, 11) is 1.67. The third kappa shape index (κ3) is 7.23. The van der Waals surface area contributed by atoms with E-state index in [0.29, 0.717) is 12.5 Å². The van der Waals surface area contributed by atoms with Gasteiger partial charge in [-0.15, -0.1) is 24.0 Å². The van der Waals surface area contributed by atoms with Gasteiger partial charge in [0, 0.05) is 52.0 Å². The van der Waals surface area contributed by atoms with Crippen LogP contribution in [-0.2, 0) is 12.7 Å². The van der Waals surface area contributed by atoms with Crippen LogP contribution >= 0.6 is 24.0 Å². The standard InChI is InChI=1S/C19H25F3N6O2.HI/c1-14-12-15(26-30-14)13-27-7-9-28(10-8-27)18(23-2)25-6-11-29-17-16(19(20,21)22)4-3-5-24-17;/h3-5,12H,6-11,13H2,1-2H3,(H,23,25);1H. The lowest BCUT2D eigenvalue weighted by Crippen LogP contribution is -2.52. The Morgan fingerprint density at radius 2 is 2.03 bits per heavy atom. The first-order valence-electron chi connectivity index (χ1n) is 9.62. The lowest BCUT2D eigenvalue weighted by atomic mass is 10.2. The van der Waals surface area contributed by atoms with Gasteiger partial charge in [0.2, 0.25) is 5.88 Å². The number of guanidine groups is 1. The lowest BCUT2D eigenvalue weighted by Gasteiger charge is -2.36. The number of hydrogen-bond donors (Lipinski definition) is 1. The minimum absolute atomic E-state index is 0. The van der Waals surface area contributed by atoms with Crippen molar-refractivity contribution in [1.29, 1.82) is 0 Å². The minimum Gasteiger partial charge on any atom is -0.475 e. The molecular weight excluding hydrogens is 528 g/mol. The Labute approximate surface area is 195 Å². The van der Waals surface area contributed by atoms with E-state index in [2.05, 4.69) is 30.2 Å². The summed E-state index contributed by atoms with van der Waals surface area (Å²) >= 11 is 0. The molecule has 0 bridgehead atoms. The average molecular weight is 554 g/mol. The van der Waals surface area contributed by atoms with Gasteiger partial charge in [0.15, 0.2) is 5.96 Å². The number of alkyl halides is 3. The summed E-state index contributed by atoms with van der Waals surface area (Å²) < 4.78 is 49.3. The van der Waals surface area contributed by atoms with Crippen LogP contribution in [0.5, 0.6) is 5.88 Å². The molecule has 0 spiro atoms. The number of nitrogens with one attached hydrogen (secondary N) is 1. The van der Waals surface area contributed by atoms with Crippen LogP contribution in [0.3, 0.4) is 0 Å². The number of piperazine rings is 1. The van der Waals surface area contributed by atoms with Crippen molar-refractivity contribution in [2.45, 2.75) is 19.6 Å². The van der Waals surface area contributed by atoms with E-state index in [9.17, 15) is 13.2 Å². The van der Waals surface area contributed by atoms with E-state index in [0.717, 1.165) is 50.2 Å². The van der Waals surface area contributed by atoms with Crippen LogP contribution in [0, 0.1) is 6.92 Å². The second-order valence-corrected chi connectivity index (χ2v) is 6.87. The Balaban J connectivity index is 0.00000341. The van der Waals surface area contributed by atoms with Gasteiger partial charge in [-0.2, -0.15) is 13.2 Å². The molecule has 0 atom stereocenters. The van der Waals surface area contributed by atoms with Crippen molar-refractivity contribution in [2.75, 3.05) is 46.4 Å². The van der Waals surface area contributed by atoms with Crippen molar-refractivity contribution in [1.82, 2.24) is 25.3 Å². The molecule has 0 amide bonds. The van der Waals surface area contributed by atoms with E-state index in [1.54, 1.807) is 7.05 Å².